The second kappa shape index (κ2) is 12.6. The topological polar surface area (TPSA) is 85.2 Å². The number of unbranched alkanes of at least 4 members (excludes halogenated alkanes) is 1. The number of fused-ring (bicyclic) bond motifs is 1. The number of para-hydroxylation sites is 1. The maximum atomic E-state index is 14.1. The third kappa shape index (κ3) is 5.93. The number of nitrogens with one attached hydrogen (secondary N) is 2. The molecule has 0 radical (unpaired) electrons. The van der Waals surface area contributed by atoms with Crippen LogP contribution in [0.1, 0.15) is 63.5 Å². The maximum Gasteiger partial charge on any atom is 0.323 e. The quantitative estimate of drug-likeness (QED) is 0.159. The number of nitrogens with zero attached hydrogens (tertiary/aromatic N) is 2. The van der Waals surface area contributed by atoms with Gasteiger partial charge in [-0.1, -0.05) is 64.1 Å². The number of pyridine rings is 2. The molecule has 0 aliphatic heterocycles. The zero-order chi connectivity index (χ0) is 28.8. The van der Waals surface area contributed by atoms with Crippen LogP contribution in [0.15, 0.2) is 78.2 Å². The molecule has 208 valence electrons. The van der Waals surface area contributed by atoms with Crippen LogP contribution in [0.3, 0.4) is 0 Å². The molecular weight excluding hydrogens is 500 g/mol. The lowest BCUT2D eigenvalue weighted by molar-refractivity contribution is 0.262. The Hall–Kier alpha value is -4.39. The molecule has 4 aromatic rings. The first-order chi connectivity index (χ1) is 19.3. The van der Waals surface area contributed by atoms with Gasteiger partial charge in [-0.3, -0.25) is 9.36 Å². The number of hydrogen-bond donors (Lipinski definition) is 2. The van der Waals surface area contributed by atoms with E-state index < -0.39 is 6.03 Å². The van der Waals surface area contributed by atoms with Crippen molar-refractivity contribution in [2.45, 2.75) is 58.9 Å². The highest BCUT2D eigenvalue weighted by Gasteiger charge is 2.22. The fourth-order valence-corrected chi connectivity index (χ4v) is 5.03. The summed E-state index contributed by atoms with van der Waals surface area (Å²) in [5, 5.41) is 6.79. The number of amides is 2. The van der Waals surface area contributed by atoms with E-state index in [1.165, 1.54) is 0 Å². The molecule has 2 N–H and O–H groups in total. The Morgan fingerprint density at radius 1 is 1.00 bits per heavy atom. The van der Waals surface area contributed by atoms with Gasteiger partial charge in [-0.25, -0.2) is 9.78 Å². The fraction of sp³-hybridized carbons (Fsp3) is 0.303. The Morgan fingerprint density at radius 3 is 2.33 bits per heavy atom. The van der Waals surface area contributed by atoms with Gasteiger partial charge in [0.2, 0.25) is 0 Å². The molecule has 2 heterocycles. The number of carbonyl (C=O) groups excluding carboxylic acids is 1. The first kappa shape index (κ1) is 28.6. The van der Waals surface area contributed by atoms with Gasteiger partial charge in [0.15, 0.2) is 0 Å². The second-order valence-corrected chi connectivity index (χ2v) is 10.4. The van der Waals surface area contributed by atoms with Gasteiger partial charge in [-0.15, -0.1) is 6.58 Å². The third-order valence-electron chi connectivity index (χ3n) is 7.02. The number of urea groups is 1. The smallest absolute Gasteiger partial charge is 0.323 e. The fourth-order valence-electron chi connectivity index (χ4n) is 5.03. The van der Waals surface area contributed by atoms with Crippen LogP contribution in [-0.4, -0.2) is 22.7 Å². The van der Waals surface area contributed by atoms with Gasteiger partial charge in [0.05, 0.1) is 7.11 Å². The van der Waals surface area contributed by atoms with E-state index in [2.05, 4.69) is 49.9 Å². The van der Waals surface area contributed by atoms with Crippen molar-refractivity contribution in [2.75, 3.05) is 17.7 Å². The molecule has 0 saturated carbocycles. The van der Waals surface area contributed by atoms with Gasteiger partial charge >= 0.3 is 6.03 Å². The van der Waals surface area contributed by atoms with E-state index in [0.29, 0.717) is 23.5 Å². The third-order valence-corrected chi connectivity index (χ3v) is 7.02. The average Bonchev–Trinajstić information content (AvgIpc) is 2.94. The molecule has 0 saturated heterocycles. The summed E-state index contributed by atoms with van der Waals surface area (Å²) >= 11 is 0. The molecule has 0 fully saturated rings. The predicted molar refractivity (Wildman–Crippen MR) is 165 cm³/mol. The summed E-state index contributed by atoms with van der Waals surface area (Å²) in [6.07, 6.45) is 4.98. The summed E-state index contributed by atoms with van der Waals surface area (Å²) in [5.41, 5.74) is 4.64. The normalized spacial score (nSPS) is 11.2. The second-order valence-electron chi connectivity index (χ2n) is 10.4. The molecule has 7 nitrogen and oxygen atoms in total. The highest BCUT2D eigenvalue weighted by Crippen LogP contribution is 2.36. The minimum atomic E-state index is -0.475. The van der Waals surface area contributed by atoms with E-state index in [1.807, 2.05) is 60.7 Å². The van der Waals surface area contributed by atoms with E-state index in [0.717, 1.165) is 40.6 Å². The number of hydrogen-bond acceptors (Lipinski definition) is 4. The Bertz CT molecular complexity index is 1560. The van der Waals surface area contributed by atoms with Crippen molar-refractivity contribution >= 4 is 28.4 Å². The molecular formula is C33H38N4O3. The van der Waals surface area contributed by atoms with Gasteiger partial charge in [-0.05, 0) is 65.6 Å². The largest absolute Gasteiger partial charge is 0.497 e. The van der Waals surface area contributed by atoms with Crippen LogP contribution in [0.5, 0.6) is 5.75 Å². The molecule has 2 aromatic heterocycles. The lowest BCUT2D eigenvalue weighted by Crippen LogP contribution is -2.30. The van der Waals surface area contributed by atoms with Crippen molar-refractivity contribution in [1.82, 2.24) is 9.55 Å². The number of rotatable bonds is 10. The van der Waals surface area contributed by atoms with Crippen molar-refractivity contribution in [3.63, 3.8) is 0 Å². The van der Waals surface area contributed by atoms with Crippen molar-refractivity contribution < 1.29 is 9.53 Å². The highest BCUT2D eigenvalue weighted by atomic mass is 16.5. The Labute approximate surface area is 235 Å². The summed E-state index contributed by atoms with van der Waals surface area (Å²) < 4.78 is 7.11. The molecule has 7 heteroatoms. The van der Waals surface area contributed by atoms with Gasteiger partial charge < -0.3 is 15.4 Å². The number of ether oxygens (including phenoxy) is 1. The molecule has 2 aromatic carbocycles. The van der Waals surface area contributed by atoms with Crippen LogP contribution >= 0.6 is 0 Å². The van der Waals surface area contributed by atoms with E-state index in [9.17, 15) is 9.59 Å². The lowest BCUT2D eigenvalue weighted by atomic mass is 9.93. The number of aryl methyl sites for hydroxylation is 1. The van der Waals surface area contributed by atoms with Crippen LogP contribution in [0.25, 0.3) is 22.2 Å². The molecule has 4 rings (SSSR count). The van der Waals surface area contributed by atoms with Crippen molar-refractivity contribution in [3.8, 4) is 16.9 Å². The van der Waals surface area contributed by atoms with E-state index in [4.69, 9.17) is 4.74 Å². The van der Waals surface area contributed by atoms with Crippen LogP contribution in [0.4, 0.5) is 16.2 Å². The summed E-state index contributed by atoms with van der Waals surface area (Å²) in [4.78, 5) is 32.3. The standard InChI is InChI=1S/C33H38N4O3/c1-7-8-9-19-37-31-27(17-12-18-34-31)28(23-13-10-14-24(20-23)40-6)30(32(37)38)36-33(39)35-29-25(21(2)3)15-11-16-26(29)22(4)5/h7,10-18,20-22H,1,8-9,19H2,2-6H3,(H2,35,36,39). The zero-order valence-electron chi connectivity index (χ0n) is 24.0. The number of allylic oxidation sites excluding steroid dienone is 1. The van der Waals surface area contributed by atoms with Crippen LogP contribution in [0.2, 0.25) is 0 Å². The number of carbonyl (C=O) groups is 1. The van der Waals surface area contributed by atoms with Crippen LogP contribution < -0.4 is 20.9 Å². The van der Waals surface area contributed by atoms with Crippen molar-refractivity contribution in [1.29, 1.82) is 0 Å². The van der Waals surface area contributed by atoms with E-state index >= 15 is 0 Å². The minimum absolute atomic E-state index is 0.193. The van der Waals surface area contributed by atoms with Gasteiger partial charge in [0.25, 0.3) is 5.56 Å². The van der Waals surface area contributed by atoms with Gasteiger partial charge in [-0.2, -0.15) is 0 Å². The number of benzene rings is 2. The number of aromatic nitrogens is 2. The van der Waals surface area contributed by atoms with Crippen molar-refractivity contribution in [2.24, 2.45) is 0 Å². The summed E-state index contributed by atoms with van der Waals surface area (Å²) in [5.74, 6) is 1.05. The van der Waals surface area contributed by atoms with Crippen LogP contribution in [-0.2, 0) is 6.54 Å². The van der Waals surface area contributed by atoms with Gasteiger partial charge in [0, 0.05) is 29.4 Å². The summed E-state index contributed by atoms with van der Waals surface area (Å²) in [7, 11) is 1.60. The first-order valence-electron chi connectivity index (χ1n) is 13.7. The molecule has 0 spiro atoms. The number of anilines is 2. The van der Waals surface area contributed by atoms with Crippen LogP contribution in [0, 0.1) is 0 Å². The molecule has 0 aliphatic carbocycles. The maximum absolute atomic E-state index is 14.1. The zero-order valence-corrected chi connectivity index (χ0v) is 24.0. The molecule has 0 atom stereocenters. The van der Waals surface area contributed by atoms with E-state index in [1.54, 1.807) is 17.9 Å². The number of methoxy groups -OCH3 is 1. The summed E-state index contributed by atoms with van der Waals surface area (Å²) in [6, 6.07) is 16.8. The average molecular weight is 539 g/mol. The highest BCUT2D eigenvalue weighted by molar-refractivity contribution is 6.07. The molecule has 0 unspecified atom stereocenters. The predicted octanol–water partition coefficient (Wildman–Crippen LogP) is 7.93. The Morgan fingerprint density at radius 2 is 1.68 bits per heavy atom. The monoisotopic (exact) mass is 538 g/mol. The van der Waals surface area contributed by atoms with E-state index in [-0.39, 0.29) is 23.1 Å². The molecule has 0 bridgehead atoms. The Kier molecular flexibility index (Phi) is 9.04. The summed E-state index contributed by atoms with van der Waals surface area (Å²) in [6.45, 7) is 12.6. The first-order valence-corrected chi connectivity index (χ1v) is 13.7. The Balaban J connectivity index is 1.89. The molecule has 0 aliphatic rings. The minimum Gasteiger partial charge on any atom is -0.497 e. The van der Waals surface area contributed by atoms with Gasteiger partial charge in [0.1, 0.15) is 17.1 Å². The molecule has 2 amide bonds. The SMILES string of the molecule is C=CCCCn1c(=O)c(NC(=O)Nc2c(C(C)C)cccc2C(C)C)c(-c2cccc(OC)c2)c2cccnc21. The van der Waals surface area contributed by atoms with Crippen molar-refractivity contribution in [3.05, 3.63) is 94.9 Å². The lowest BCUT2D eigenvalue weighted by Gasteiger charge is -2.22. The molecule has 40 heavy (non-hydrogen) atoms.